The van der Waals surface area contributed by atoms with Crippen LogP contribution >= 0.6 is 12.4 Å². The lowest BCUT2D eigenvalue weighted by atomic mass is 9.91. The van der Waals surface area contributed by atoms with Crippen LogP contribution in [-0.2, 0) is 4.79 Å². The molecule has 0 unspecified atom stereocenters. The number of hydrogen-bond donors (Lipinski definition) is 1. The van der Waals surface area contributed by atoms with Gasteiger partial charge in [0.25, 0.3) is 0 Å². The molecule has 1 aromatic carbocycles. The van der Waals surface area contributed by atoms with E-state index in [9.17, 15) is 4.79 Å². The second-order valence-electron chi connectivity index (χ2n) is 6.57. The zero-order valence-electron chi connectivity index (χ0n) is 13.7. The van der Waals surface area contributed by atoms with E-state index in [4.69, 9.17) is 5.26 Å². The fourth-order valence-corrected chi connectivity index (χ4v) is 3.73. The van der Waals surface area contributed by atoms with Gasteiger partial charge in [0.15, 0.2) is 0 Å². The molecule has 3 atom stereocenters. The molecule has 124 valence electrons. The van der Waals surface area contributed by atoms with Crippen LogP contribution in [0.25, 0.3) is 0 Å². The molecule has 0 aromatic heterocycles. The van der Waals surface area contributed by atoms with Crippen LogP contribution in [0.15, 0.2) is 18.2 Å². The van der Waals surface area contributed by atoms with Crippen LogP contribution in [0.2, 0.25) is 0 Å². The van der Waals surface area contributed by atoms with Gasteiger partial charge in [-0.2, -0.15) is 5.26 Å². The van der Waals surface area contributed by atoms with Gasteiger partial charge in [-0.25, -0.2) is 0 Å². The third-order valence-corrected chi connectivity index (χ3v) is 4.99. The van der Waals surface area contributed by atoms with E-state index in [1.54, 1.807) is 4.90 Å². The number of likely N-dealkylation sites (tertiary alicyclic amines) is 1. The summed E-state index contributed by atoms with van der Waals surface area (Å²) >= 11 is 0. The van der Waals surface area contributed by atoms with Crippen molar-refractivity contribution < 1.29 is 4.79 Å². The molecule has 3 rings (SSSR count). The molecule has 0 bridgehead atoms. The largest absolute Gasteiger partial charge is 0.325 e. The lowest BCUT2D eigenvalue weighted by Gasteiger charge is -2.23. The van der Waals surface area contributed by atoms with Gasteiger partial charge in [-0.05, 0) is 50.2 Å². The zero-order chi connectivity index (χ0) is 15.7. The first-order chi connectivity index (χ1) is 10.6. The number of nitrogens with one attached hydrogen (secondary N) is 1. The number of aryl methyl sites for hydroxylation is 2. The van der Waals surface area contributed by atoms with Gasteiger partial charge in [0.05, 0.1) is 12.1 Å². The quantitative estimate of drug-likeness (QED) is 0.905. The summed E-state index contributed by atoms with van der Waals surface area (Å²) in [6, 6.07) is 8.42. The second-order valence-corrected chi connectivity index (χ2v) is 6.57. The molecule has 2 aliphatic heterocycles. The first-order valence-electron chi connectivity index (χ1n) is 8.11. The molecule has 2 fully saturated rings. The van der Waals surface area contributed by atoms with Crippen molar-refractivity contribution in [3.05, 3.63) is 34.9 Å². The van der Waals surface area contributed by atoms with Crippen molar-refractivity contribution in [2.75, 3.05) is 13.1 Å². The molecule has 2 heterocycles. The Bertz CT molecular complexity index is 625. The van der Waals surface area contributed by atoms with Gasteiger partial charge in [-0.15, -0.1) is 12.4 Å². The summed E-state index contributed by atoms with van der Waals surface area (Å²) in [6.07, 6.45) is 2.59. The first-order valence-corrected chi connectivity index (χ1v) is 8.11. The van der Waals surface area contributed by atoms with Crippen molar-refractivity contribution in [1.29, 1.82) is 5.26 Å². The summed E-state index contributed by atoms with van der Waals surface area (Å²) < 4.78 is 0. The van der Waals surface area contributed by atoms with Gasteiger partial charge in [0.2, 0.25) is 5.91 Å². The topological polar surface area (TPSA) is 56.1 Å². The lowest BCUT2D eigenvalue weighted by Crippen LogP contribution is -2.45. The molecule has 0 spiro atoms. The van der Waals surface area contributed by atoms with E-state index in [2.05, 4.69) is 43.4 Å². The lowest BCUT2D eigenvalue weighted by molar-refractivity contribution is -0.133. The number of carbonyl (C=O) groups is 1. The van der Waals surface area contributed by atoms with E-state index >= 15 is 0 Å². The van der Waals surface area contributed by atoms with Gasteiger partial charge >= 0.3 is 0 Å². The van der Waals surface area contributed by atoms with Crippen molar-refractivity contribution in [3.63, 3.8) is 0 Å². The molecule has 0 aliphatic carbocycles. The Morgan fingerprint density at radius 2 is 2.17 bits per heavy atom. The Kier molecular flexibility index (Phi) is 5.67. The Labute approximate surface area is 144 Å². The Hall–Kier alpha value is -1.57. The van der Waals surface area contributed by atoms with E-state index in [0.717, 1.165) is 32.4 Å². The van der Waals surface area contributed by atoms with E-state index < -0.39 is 0 Å². The summed E-state index contributed by atoms with van der Waals surface area (Å²) in [7, 11) is 0. The maximum Gasteiger partial charge on any atom is 0.240 e. The predicted octanol–water partition coefficient (Wildman–Crippen LogP) is 2.69. The second kappa shape index (κ2) is 7.33. The normalized spacial score (nSPS) is 26.7. The number of benzene rings is 1. The summed E-state index contributed by atoms with van der Waals surface area (Å²) in [4.78, 5) is 14.4. The minimum atomic E-state index is -0.228. The molecule has 0 radical (unpaired) electrons. The highest BCUT2D eigenvalue weighted by molar-refractivity contribution is 5.85. The Morgan fingerprint density at radius 1 is 1.39 bits per heavy atom. The maximum absolute atomic E-state index is 12.7. The van der Waals surface area contributed by atoms with Crippen LogP contribution in [0.3, 0.4) is 0 Å². The van der Waals surface area contributed by atoms with Crippen LogP contribution in [0.1, 0.15) is 41.9 Å². The highest BCUT2D eigenvalue weighted by Gasteiger charge is 2.37. The molecule has 1 N–H and O–H groups in total. The molecule has 2 aliphatic rings. The Balaban J connectivity index is 0.00000192. The number of amides is 1. The van der Waals surface area contributed by atoms with Crippen LogP contribution in [0, 0.1) is 25.2 Å². The van der Waals surface area contributed by atoms with Gasteiger partial charge in [0, 0.05) is 13.1 Å². The molecule has 4 nitrogen and oxygen atoms in total. The number of nitrogens with zero attached hydrogens (tertiary/aromatic N) is 2. The zero-order valence-corrected chi connectivity index (χ0v) is 14.5. The highest BCUT2D eigenvalue weighted by atomic mass is 35.5. The fourth-order valence-electron chi connectivity index (χ4n) is 3.73. The van der Waals surface area contributed by atoms with Crippen molar-refractivity contribution in [2.45, 2.75) is 51.1 Å². The van der Waals surface area contributed by atoms with Crippen molar-refractivity contribution in [2.24, 2.45) is 0 Å². The number of nitriles is 1. The first kappa shape index (κ1) is 17.8. The maximum atomic E-state index is 12.7. The Morgan fingerprint density at radius 3 is 2.91 bits per heavy atom. The molecule has 1 aromatic rings. The smallest absolute Gasteiger partial charge is 0.240 e. The minimum absolute atomic E-state index is 0. The van der Waals surface area contributed by atoms with E-state index in [-0.39, 0.29) is 30.4 Å². The molecular weight excluding hydrogens is 310 g/mol. The monoisotopic (exact) mass is 333 g/mol. The molecule has 2 saturated heterocycles. The van der Waals surface area contributed by atoms with Gasteiger partial charge < -0.3 is 10.2 Å². The third kappa shape index (κ3) is 3.52. The van der Waals surface area contributed by atoms with E-state index in [1.165, 1.54) is 16.7 Å². The fraction of sp³-hybridized carbons (Fsp3) is 0.556. The van der Waals surface area contributed by atoms with Crippen molar-refractivity contribution >= 4 is 18.3 Å². The van der Waals surface area contributed by atoms with Crippen molar-refractivity contribution in [3.8, 4) is 6.07 Å². The molecule has 1 amide bonds. The molecule has 0 saturated carbocycles. The van der Waals surface area contributed by atoms with Crippen LogP contribution in [-0.4, -0.2) is 36.0 Å². The van der Waals surface area contributed by atoms with Gasteiger partial charge in [-0.3, -0.25) is 4.79 Å². The number of halogens is 1. The predicted molar refractivity (Wildman–Crippen MR) is 92.7 cm³/mol. The standard InChI is InChI=1S/C18H23N3O.ClH/c1-12-5-6-13(2)16(8-12)14-9-17(20-11-14)18(22)21-7-3-4-15(21)10-19;/h5-6,8,14-15,17,20H,3-4,7,9,11H2,1-2H3;1H/t14-,15-,17-;/m0./s1. The summed E-state index contributed by atoms with van der Waals surface area (Å²) in [5.74, 6) is 0.494. The van der Waals surface area contributed by atoms with Crippen LogP contribution in [0.4, 0.5) is 0 Å². The van der Waals surface area contributed by atoms with Crippen LogP contribution < -0.4 is 5.32 Å². The molecule has 23 heavy (non-hydrogen) atoms. The highest BCUT2D eigenvalue weighted by Crippen LogP contribution is 2.30. The SMILES string of the molecule is Cc1ccc(C)c([C@@H]2CN[C@H](C(=O)N3CCC[C@H]3C#N)C2)c1.Cl. The summed E-state index contributed by atoms with van der Waals surface area (Å²) in [5, 5.41) is 12.5. The van der Waals surface area contributed by atoms with E-state index in [1.807, 2.05) is 0 Å². The van der Waals surface area contributed by atoms with Gasteiger partial charge in [-0.1, -0.05) is 23.8 Å². The average molecular weight is 334 g/mol. The minimum Gasteiger partial charge on any atom is -0.325 e. The number of rotatable bonds is 2. The third-order valence-electron chi connectivity index (χ3n) is 4.99. The summed E-state index contributed by atoms with van der Waals surface area (Å²) in [5.41, 5.74) is 3.90. The molecule has 5 heteroatoms. The summed E-state index contributed by atoms with van der Waals surface area (Å²) in [6.45, 7) is 5.81. The number of hydrogen-bond acceptors (Lipinski definition) is 3. The average Bonchev–Trinajstić information content (AvgIpc) is 3.17. The molecular formula is C18H24ClN3O. The van der Waals surface area contributed by atoms with E-state index in [0.29, 0.717) is 5.92 Å². The van der Waals surface area contributed by atoms with Gasteiger partial charge in [0.1, 0.15) is 6.04 Å². The van der Waals surface area contributed by atoms with Crippen molar-refractivity contribution in [1.82, 2.24) is 10.2 Å². The number of carbonyl (C=O) groups excluding carboxylic acids is 1. The van der Waals surface area contributed by atoms with Crippen LogP contribution in [0.5, 0.6) is 0 Å².